The number of aromatic nitrogens is 2. The first-order valence-corrected chi connectivity index (χ1v) is 9.39. The molecule has 7 heteroatoms. The first-order chi connectivity index (χ1) is 14.6. The van der Waals surface area contributed by atoms with Gasteiger partial charge in [-0.3, -0.25) is 9.88 Å². The second-order valence-corrected chi connectivity index (χ2v) is 6.64. The fourth-order valence-electron chi connectivity index (χ4n) is 3.19. The number of anilines is 2. The lowest BCUT2D eigenvalue weighted by Gasteiger charge is -2.16. The lowest BCUT2D eigenvalue weighted by Crippen LogP contribution is -2.30. The summed E-state index contributed by atoms with van der Waals surface area (Å²) in [6.45, 7) is 0.284. The van der Waals surface area contributed by atoms with Crippen molar-refractivity contribution >= 4 is 28.4 Å². The van der Waals surface area contributed by atoms with Gasteiger partial charge in [-0.15, -0.1) is 0 Å². The predicted octanol–water partition coefficient (Wildman–Crippen LogP) is 4.10. The minimum atomic E-state index is -0.471. The molecular weight excluding hydrogens is 380 g/mol. The van der Waals surface area contributed by atoms with Gasteiger partial charge in [-0.25, -0.2) is 9.59 Å². The number of methoxy groups -OCH3 is 1. The van der Waals surface area contributed by atoms with Crippen molar-refractivity contribution in [2.24, 2.45) is 0 Å². The lowest BCUT2D eigenvalue weighted by atomic mass is 10.2. The Labute approximate surface area is 173 Å². The topological polar surface area (TPSA) is 85.2 Å². The molecule has 0 atom stereocenters. The van der Waals surface area contributed by atoms with Crippen molar-refractivity contribution in [3.05, 3.63) is 94.9 Å². The minimum absolute atomic E-state index is 0.284. The van der Waals surface area contributed by atoms with Gasteiger partial charge in [0.25, 0.3) is 0 Å². The van der Waals surface area contributed by atoms with Crippen LogP contribution in [0, 0.1) is 0 Å². The van der Waals surface area contributed by atoms with E-state index in [2.05, 4.69) is 15.6 Å². The smallest absolute Gasteiger partial charge is 0.350 e. The molecule has 0 fully saturated rings. The Bertz CT molecular complexity index is 1250. The zero-order chi connectivity index (χ0) is 20.9. The van der Waals surface area contributed by atoms with Crippen LogP contribution < -0.4 is 21.1 Å². The molecule has 2 amide bonds. The van der Waals surface area contributed by atoms with Crippen LogP contribution in [0.3, 0.4) is 0 Å². The molecule has 150 valence electrons. The second-order valence-electron chi connectivity index (χ2n) is 6.64. The van der Waals surface area contributed by atoms with Gasteiger partial charge in [0, 0.05) is 17.1 Å². The highest BCUT2D eigenvalue weighted by Crippen LogP contribution is 2.22. The highest BCUT2D eigenvalue weighted by molar-refractivity contribution is 6.04. The number of urea groups is 1. The van der Waals surface area contributed by atoms with Gasteiger partial charge in [0.2, 0.25) is 0 Å². The van der Waals surface area contributed by atoms with Gasteiger partial charge < -0.3 is 10.1 Å². The Morgan fingerprint density at radius 1 is 0.967 bits per heavy atom. The average molecular weight is 400 g/mol. The fourth-order valence-corrected chi connectivity index (χ4v) is 3.19. The molecular formula is C23H20N4O3. The van der Waals surface area contributed by atoms with Gasteiger partial charge in [0.1, 0.15) is 11.6 Å². The zero-order valence-corrected chi connectivity index (χ0v) is 16.3. The van der Waals surface area contributed by atoms with Crippen molar-refractivity contribution in [1.82, 2.24) is 9.55 Å². The third-order valence-electron chi connectivity index (χ3n) is 4.62. The molecule has 1 aromatic heterocycles. The van der Waals surface area contributed by atoms with E-state index in [1.807, 2.05) is 42.5 Å². The molecule has 0 aliphatic heterocycles. The number of nitrogens with one attached hydrogen (secondary N) is 2. The molecule has 30 heavy (non-hydrogen) atoms. The number of benzene rings is 3. The number of hydrogen-bond acceptors (Lipinski definition) is 4. The number of amides is 2. The van der Waals surface area contributed by atoms with Crippen molar-refractivity contribution in [3.8, 4) is 5.75 Å². The van der Waals surface area contributed by atoms with Crippen LogP contribution >= 0.6 is 0 Å². The summed E-state index contributed by atoms with van der Waals surface area (Å²) in [5.74, 6) is 1.01. The molecule has 4 aromatic rings. The number of para-hydroxylation sites is 1. The van der Waals surface area contributed by atoms with E-state index in [1.165, 1.54) is 4.57 Å². The zero-order valence-electron chi connectivity index (χ0n) is 16.3. The van der Waals surface area contributed by atoms with Crippen LogP contribution in [0.4, 0.5) is 16.3 Å². The van der Waals surface area contributed by atoms with Gasteiger partial charge in [-0.1, -0.05) is 48.5 Å². The van der Waals surface area contributed by atoms with E-state index in [1.54, 1.807) is 43.5 Å². The molecule has 1 heterocycles. The maximum atomic E-state index is 12.7. The maximum Gasteiger partial charge on any atom is 0.350 e. The number of carbonyl (C=O) groups is 1. The average Bonchev–Trinajstić information content (AvgIpc) is 2.77. The van der Waals surface area contributed by atoms with Crippen molar-refractivity contribution in [3.63, 3.8) is 0 Å². The van der Waals surface area contributed by atoms with Crippen LogP contribution in [0.5, 0.6) is 5.75 Å². The third-order valence-corrected chi connectivity index (χ3v) is 4.62. The number of ether oxygens (including phenoxy) is 1. The van der Waals surface area contributed by atoms with Crippen LogP contribution in [-0.4, -0.2) is 22.7 Å². The van der Waals surface area contributed by atoms with E-state index in [0.29, 0.717) is 28.2 Å². The molecule has 0 saturated heterocycles. The first kappa shape index (κ1) is 19.2. The van der Waals surface area contributed by atoms with Crippen molar-refractivity contribution in [2.75, 3.05) is 17.7 Å². The number of fused-ring (bicyclic) bond motifs is 1. The Morgan fingerprint density at radius 3 is 2.53 bits per heavy atom. The van der Waals surface area contributed by atoms with E-state index in [0.717, 1.165) is 5.56 Å². The summed E-state index contributed by atoms with van der Waals surface area (Å²) in [6, 6.07) is 23.3. The van der Waals surface area contributed by atoms with Crippen molar-refractivity contribution in [1.29, 1.82) is 0 Å². The first-order valence-electron chi connectivity index (χ1n) is 9.39. The number of hydrogen-bond donors (Lipinski definition) is 2. The summed E-state index contributed by atoms with van der Waals surface area (Å²) in [6.07, 6.45) is 0. The predicted molar refractivity (Wildman–Crippen MR) is 117 cm³/mol. The summed E-state index contributed by atoms with van der Waals surface area (Å²) in [5, 5.41) is 6.28. The number of rotatable bonds is 5. The third kappa shape index (κ3) is 4.15. The number of nitrogens with zero attached hydrogens (tertiary/aromatic N) is 2. The normalized spacial score (nSPS) is 10.6. The Morgan fingerprint density at radius 2 is 1.73 bits per heavy atom. The van der Waals surface area contributed by atoms with Gasteiger partial charge in [-0.05, 0) is 29.8 Å². The van der Waals surface area contributed by atoms with Crippen LogP contribution in [0.2, 0.25) is 0 Å². The van der Waals surface area contributed by atoms with Gasteiger partial charge in [0.05, 0.1) is 19.2 Å². The monoisotopic (exact) mass is 400 g/mol. The van der Waals surface area contributed by atoms with Crippen LogP contribution in [0.25, 0.3) is 10.9 Å². The van der Waals surface area contributed by atoms with E-state index in [-0.39, 0.29) is 6.54 Å². The summed E-state index contributed by atoms with van der Waals surface area (Å²) < 4.78 is 6.65. The molecule has 3 aromatic carbocycles. The SMILES string of the molecule is COc1cccc(NC(=O)Nc2c3ccccc3nc(=O)n2Cc2ccccc2)c1. The van der Waals surface area contributed by atoms with E-state index < -0.39 is 11.7 Å². The second kappa shape index (κ2) is 8.48. The summed E-state index contributed by atoms with van der Waals surface area (Å²) >= 11 is 0. The Kier molecular flexibility index (Phi) is 5.43. The number of carbonyl (C=O) groups excluding carboxylic acids is 1. The molecule has 0 aliphatic rings. The van der Waals surface area contributed by atoms with Crippen LogP contribution in [0.1, 0.15) is 5.56 Å². The molecule has 0 saturated carbocycles. The Hall–Kier alpha value is -4.13. The molecule has 2 N–H and O–H groups in total. The van der Waals surface area contributed by atoms with Crippen LogP contribution in [-0.2, 0) is 6.54 Å². The summed E-state index contributed by atoms with van der Waals surface area (Å²) in [4.78, 5) is 29.7. The maximum absolute atomic E-state index is 12.7. The molecule has 0 radical (unpaired) electrons. The summed E-state index contributed by atoms with van der Waals surface area (Å²) in [5.41, 5.74) is 1.58. The molecule has 0 unspecified atom stereocenters. The quantitative estimate of drug-likeness (QED) is 0.528. The van der Waals surface area contributed by atoms with Gasteiger partial charge >= 0.3 is 11.7 Å². The summed E-state index contributed by atoms with van der Waals surface area (Å²) in [7, 11) is 1.56. The molecule has 4 rings (SSSR count). The largest absolute Gasteiger partial charge is 0.497 e. The minimum Gasteiger partial charge on any atom is -0.497 e. The van der Waals surface area contributed by atoms with Crippen molar-refractivity contribution < 1.29 is 9.53 Å². The van der Waals surface area contributed by atoms with Gasteiger partial charge in [-0.2, -0.15) is 4.98 Å². The van der Waals surface area contributed by atoms with Crippen molar-refractivity contribution in [2.45, 2.75) is 6.54 Å². The Balaban J connectivity index is 1.71. The van der Waals surface area contributed by atoms with Crippen LogP contribution in [0.15, 0.2) is 83.7 Å². The standard InChI is InChI=1S/C23H20N4O3/c1-30-18-11-7-10-17(14-18)24-22(28)26-21-19-12-5-6-13-20(19)25-23(29)27(21)15-16-8-3-2-4-9-16/h2-14H,15H2,1H3,(H2,24,26,28). The van der Waals surface area contributed by atoms with E-state index in [4.69, 9.17) is 4.74 Å². The van der Waals surface area contributed by atoms with E-state index >= 15 is 0 Å². The molecule has 0 spiro atoms. The van der Waals surface area contributed by atoms with Gasteiger partial charge in [0.15, 0.2) is 0 Å². The molecule has 0 aliphatic carbocycles. The lowest BCUT2D eigenvalue weighted by molar-refractivity contribution is 0.262. The molecule has 0 bridgehead atoms. The highest BCUT2D eigenvalue weighted by Gasteiger charge is 2.15. The fraction of sp³-hybridized carbons (Fsp3) is 0.0870. The molecule has 7 nitrogen and oxygen atoms in total. The van der Waals surface area contributed by atoms with E-state index in [9.17, 15) is 9.59 Å². The highest BCUT2D eigenvalue weighted by atomic mass is 16.5.